The van der Waals surface area contributed by atoms with Gasteiger partial charge < -0.3 is 14.8 Å². The molecule has 0 radical (unpaired) electrons. The molecule has 0 aromatic heterocycles. The zero-order valence-corrected chi connectivity index (χ0v) is 15.9. The van der Waals surface area contributed by atoms with Crippen LogP contribution in [-0.4, -0.2) is 31.8 Å². The molecule has 2 aliphatic rings. The number of esters is 2. The molecule has 2 aliphatic carbocycles. The smallest absolute Gasteiger partial charge is 0.314 e. The summed E-state index contributed by atoms with van der Waals surface area (Å²) in [5.41, 5.74) is -0.688. The Balaban J connectivity index is 1.81. The van der Waals surface area contributed by atoms with Gasteiger partial charge in [-0.25, -0.2) is 0 Å². The quantitative estimate of drug-likeness (QED) is 0.570. The first kappa shape index (κ1) is 19.2. The maximum atomic E-state index is 12.5. The summed E-state index contributed by atoms with van der Waals surface area (Å²) in [5, 5.41) is 3.55. The van der Waals surface area contributed by atoms with Crippen molar-refractivity contribution in [3.8, 4) is 0 Å². The van der Waals surface area contributed by atoms with Crippen LogP contribution in [0.5, 0.6) is 0 Å². The van der Waals surface area contributed by atoms with Gasteiger partial charge in [-0.15, -0.1) is 0 Å². The maximum absolute atomic E-state index is 12.5. The molecule has 5 nitrogen and oxygen atoms in total. The number of hydrogen-bond acceptors (Lipinski definition) is 5. The molecule has 2 saturated carbocycles. The first-order valence-electron chi connectivity index (χ1n) is 9.14. The molecule has 2 rings (SSSR count). The van der Waals surface area contributed by atoms with E-state index < -0.39 is 5.41 Å². The standard InChI is InChI=1S/C19H33NO4/c1-14(2)10-20-12-18-6-8-19(11-18,9-7-18)16(22)24-13-23-15(21)17(3,4)5/h14,20H,6-13H2,1-5H3. The van der Waals surface area contributed by atoms with Crippen molar-refractivity contribution < 1.29 is 19.1 Å². The van der Waals surface area contributed by atoms with E-state index >= 15 is 0 Å². The molecule has 5 heteroatoms. The van der Waals surface area contributed by atoms with Gasteiger partial charge in [-0.05, 0) is 70.8 Å². The van der Waals surface area contributed by atoms with Crippen LogP contribution in [0.25, 0.3) is 0 Å². The summed E-state index contributed by atoms with van der Waals surface area (Å²) < 4.78 is 10.4. The predicted octanol–water partition coefficient (Wildman–Crippen LogP) is 3.27. The summed E-state index contributed by atoms with van der Waals surface area (Å²) in [4.78, 5) is 24.3. The first-order valence-corrected chi connectivity index (χ1v) is 9.14. The zero-order valence-electron chi connectivity index (χ0n) is 15.9. The number of fused-ring (bicyclic) bond motifs is 2. The van der Waals surface area contributed by atoms with Crippen LogP contribution < -0.4 is 5.32 Å². The Morgan fingerprint density at radius 2 is 1.71 bits per heavy atom. The molecule has 1 N–H and O–H groups in total. The minimum Gasteiger partial charge on any atom is -0.427 e. The third-order valence-corrected chi connectivity index (χ3v) is 5.46. The molecule has 0 aliphatic heterocycles. The molecular formula is C19H33NO4. The summed E-state index contributed by atoms with van der Waals surface area (Å²) in [5.74, 6) is 0.0988. The number of rotatable bonds is 7. The van der Waals surface area contributed by atoms with Crippen LogP contribution in [0.15, 0.2) is 0 Å². The Kier molecular flexibility index (Phi) is 5.63. The summed E-state index contributed by atoms with van der Waals surface area (Å²) >= 11 is 0. The Morgan fingerprint density at radius 1 is 1.08 bits per heavy atom. The highest BCUT2D eigenvalue weighted by Crippen LogP contribution is 2.61. The molecule has 0 aromatic carbocycles. The highest BCUT2D eigenvalue weighted by atomic mass is 16.7. The third-order valence-electron chi connectivity index (χ3n) is 5.46. The van der Waals surface area contributed by atoms with E-state index in [4.69, 9.17) is 9.47 Å². The molecule has 0 amide bonds. The van der Waals surface area contributed by atoms with Crippen molar-refractivity contribution in [1.82, 2.24) is 5.32 Å². The number of nitrogens with one attached hydrogen (secondary N) is 1. The molecule has 0 atom stereocenters. The van der Waals surface area contributed by atoms with Crippen molar-refractivity contribution in [3.63, 3.8) is 0 Å². The van der Waals surface area contributed by atoms with Gasteiger partial charge in [0.2, 0.25) is 6.79 Å². The maximum Gasteiger partial charge on any atom is 0.314 e. The van der Waals surface area contributed by atoms with E-state index in [1.807, 2.05) is 0 Å². The van der Waals surface area contributed by atoms with Gasteiger partial charge in [0, 0.05) is 6.54 Å². The molecule has 0 heterocycles. The lowest BCUT2D eigenvalue weighted by atomic mass is 9.82. The van der Waals surface area contributed by atoms with Crippen LogP contribution in [0, 0.1) is 22.2 Å². The lowest BCUT2D eigenvalue weighted by Crippen LogP contribution is -2.33. The van der Waals surface area contributed by atoms with Gasteiger partial charge >= 0.3 is 11.9 Å². The summed E-state index contributed by atoms with van der Waals surface area (Å²) in [6, 6.07) is 0. The fourth-order valence-corrected chi connectivity index (χ4v) is 3.98. The lowest BCUT2D eigenvalue weighted by molar-refractivity contribution is -0.179. The van der Waals surface area contributed by atoms with Crippen LogP contribution in [0.2, 0.25) is 0 Å². The third kappa shape index (κ3) is 4.29. The Labute approximate surface area is 145 Å². The Bertz CT molecular complexity index is 470. The second-order valence-corrected chi connectivity index (χ2v) is 9.21. The zero-order chi connectivity index (χ0) is 18.0. The van der Waals surface area contributed by atoms with Crippen LogP contribution in [0.1, 0.15) is 66.7 Å². The molecule has 0 saturated heterocycles. The van der Waals surface area contributed by atoms with E-state index in [-0.39, 0.29) is 29.6 Å². The van der Waals surface area contributed by atoms with E-state index in [0.717, 1.165) is 45.2 Å². The van der Waals surface area contributed by atoms with Gasteiger partial charge in [-0.3, -0.25) is 9.59 Å². The summed E-state index contributed by atoms with van der Waals surface area (Å²) in [6.45, 7) is 11.5. The fraction of sp³-hybridized carbons (Fsp3) is 0.895. The minimum atomic E-state index is -0.581. The molecular weight excluding hydrogens is 306 g/mol. The van der Waals surface area contributed by atoms with E-state index in [1.54, 1.807) is 20.8 Å². The van der Waals surface area contributed by atoms with Gasteiger partial charge in [0.05, 0.1) is 10.8 Å². The average Bonchev–Trinajstić information content (AvgIpc) is 3.03. The topological polar surface area (TPSA) is 64.6 Å². The average molecular weight is 339 g/mol. The van der Waals surface area contributed by atoms with Crippen LogP contribution in [-0.2, 0) is 19.1 Å². The molecule has 0 spiro atoms. The van der Waals surface area contributed by atoms with Crippen molar-refractivity contribution in [3.05, 3.63) is 0 Å². The second-order valence-electron chi connectivity index (χ2n) is 9.21. The van der Waals surface area contributed by atoms with Crippen molar-refractivity contribution in [2.24, 2.45) is 22.2 Å². The largest absolute Gasteiger partial charge is 0.427 e. The molecule has 2 fully saturated rings. The Morgan fingerprint density at radius 3 is 2.25 bits per heavy atom. The molecule has 0 aromatic rings. The Hall–Kier alpha value is -1.10. The monoisotopic (exact) mass is 339 g/mol. The van der Waals surface area contributed by atoms with Gasteiger partial charge in [0.25, 0.3) is 0 Å². The molecule has 138 valence electrons. The fourth-order valence-electron chi connectivity index (χ4n) is 3.98. The number of hydrogen-bond donors (Lipinski definition) is 1. The van der Waals surface area contributed by atoms with E-state index in [1.165, 1.54) is 0 Å². The predicted molar refractivity (Wildman–Crippen MR) is 92.2 cm³/mol. The lowest BCUT2D eigenvalue weighted by Gasteiger charge is -2.27. The highest BCUT2D eigenvalue weighted by molar-refractivity contribution is 5.78. The van der Waals surface area contributed by atoms with Crippen LogP contribution in [0.4, 0.5) is 0 Å². The van der Waals surface area contributed by atoms with E-state index in [2.05, 4.69) is 19.2 Å². The number of carbonyl (C=O) groups excluding carboxylic acids is 2. The van der Waals surface area contributed by atoms with Crippen molar-refractivity contribution in [2.75, 3.05) is 19.9 Å². The van der Waals surface area contributed by atoms with E-state index in [0.29, 0.717) is 5.92 Å². The normalized spacial score (nSPS) is 29.1. The summed E-state index contributed by atoms with van der Waals surface area (Å²) in [7, 11) is 0. The van der Waals surface area contributed by atoms with Crippen LogP contribution in [0.3, 0.4) is 0 Å². The molecule has 0 unspecified atom stereocenters. The first-order chi connectivity index (χ1) is 11.1. The minimum absolute atomic E-state index is 0.188. The van der Waals surface area contributed by atoms with Gasteiger partial charge in [-0.2, -0.15) is 0 Å². The number of carbonyl (C=O) groups is 2. The SMILES string of the molecule is CC(C)CNCC12CCC(C(=O)OCOC(=O)C(C)(C)C)(CC1)C2. The van der Waals surface area contributed by atoms with Crippen molar-refractivity contribution >= 4 is 11.9 Å². The molecule has 24 heavy (non-hydrogen) atoms. The van der Waals surface area contributed by atoms with E-state index in [9.17, 15) is 9.59 Å². The highest BCUT2D eigenvalue weighted by Gasteiger charge is 2.58. The van der Waals surface area contributed by atoms with Crippen molar-refractivity contribution in [1.29, 1.82) is 0 Å². The summed E-state index contributed by atoms with van der Waals surface area (Å²) in [6.07, 6.45) is 4.84. The number of ether oxygens (including phenoxy) is 2. The molecule has 2 bridgehead atoms. The second kappa shape index (κ2) is 7.03. The van der Waals surface area contributed by atoms with Gasteiger partial charge in [-0.1, -0.05) is 13.8 Å². The van der Waals surface area contributed by atoms with Crippen LogP contribution >= 0.6 is 0 Å². The van der Waals surface area contributed by atoms with Gasteiger partial charge in [0.15, 0.2) is 0 Å². The van der Waals surface area contributed by atoms with Crippen molar-refractivity contribution in [2.45, 2.75) is 66.7 Å². The van der Waals surface area contributed by atoms with Gasteiger partial charge in [0.1, 0.15) is 0 Å².